The molecule has 158 valence electrons. The van der Waals surface area contributed by atoms with E-state index in [-0.39, 0.29) is 5.91 Å². The van der Waals surface area contributed by atoms with E-state index in [1.54, 1.807) is 17.7 Å². The van der Waals surface area contributed by atoms with Crippen molar-refractivity contribution < 1.29 is 9.32 Å². The molecule has 0 spiro atoms. The number of carbonyl (C=O) groups is 1. The number of nitrogens with one attached hydrogen (secondary N) is 1. The summed E-state index contributed by atoms with van der Waals surface area (Å²) < 4.78 is 6.69. The summed E-state index contributed by atoms with van der Waals surface area (Å²) in [4.78, 5) is 13.1. The van der Waals surface area contributed by atoms with E-state index >= 15 is 0 Å². The van der Waals surface area contributed by atoms with Crippen LogP contribution in [0.4, 0.5) is 5.82 Å². The summed E-state index contributed by atoms with van der Waals surface area (Å²) in [5, 5.41) is 18.7. The van der Waals surface area contributed by atoms with Crippen LogP contribution in [0.25, 0.3) is 5.69 Å². The summed E-state index contributed by atoms with van der Waals surface area (Å²) in [6.07, 6.45) is 0. The predicted molar refractivity (Wildman–Crippen MR) is 118 cm³/mol. The quantitative estimate of drug-likeness (QED) is 0.426. The predicted octanol–water partition coefficient (Wildman–Crippen LogP) is 4.55. The van der Waals surface area contributed by atoms with Crippen LogP contribution < -0.4 is 5.32 Å². The zero-order chi connectivity index (χ0) is 21.8. The van der Waals surface area contributed by atoms with Crippen LogP contribution in [0.1, 0.15) is 41.9 Å². The Balaban J connectivity index is 1.62. The number of thioether (sulfide) groups is 1. The molecule has 0 aliphatic heterocycles. The number of carbonyl (C=O) groups excluding carboxylic acids is 1. The third kappa shape index (κ3) is 4.83. The third-order valence-corrected chi connectivity index (χ3v) is 5.88. The molecule has 0 aliphatic rings. The van der Waals surface area contributed by atoms with Gasteiger partial charge in [0.05, 0.1) is 5.69 Å². The largest absolute Gasteiger partial charge is 0.360 e. The lowest BCUT2D eigenvalue weighted by atomic mass is 10.0. The second kappa shape index (κ2) is 9.13. The first-order chi connectivity index (χ1) is 15.0. The molecular formula is C22H22N6O2S. The van der Waals surface area contributed by atoms with Crippen molar-refractivity contribution in [1.82, 2.24) is 25.4 Å². The molecular weight excluding hydrogens is 412 g/mol. The second-order valence-corrected chi connectivity index (χ2v) is 8.41. The molecule has 2 aromatic heterocycles. The number of anilines is 1. The molecule has 1 atom stereocenters. The van der Waals surface area contributed by atoms with E-state index < -0.39 is 5.25 Å². The highest BCUT2D eigenvalue weighted by molar-refractivity contribution is 8.00. The summed E-state index contributed by atoms with van der Waals surface area (Å²) in [5.74, 6) is 1.18. The maximum Gasteiger partial charge on any atom is 0.243 e. The summed E-state index contributed by atoms with van der Waals surface area (Å²) in [6.45, 7) is 6.06. The molecule has 0 fully saturated rings. The number of hydrogen-bond donors (Lipinski definition) is 1. The first-order valence-electron chi connectivity index (χ1n) is 9.86. The molecule has 0 radical (unpaired) electrons. The molecule has 4 rings (SSSR count). The Labute approximate surface area is 184 Å². The molecule has 0 bridgehead atoms. The van der Waals surface area contributed by atoms with Crippen molar-refractivity contribution >= 4 is 23.5 Å². The fraction of sp³-hybridized carbons (Fsp3) is 0.227. The van der Waals surface area contributed by atoms with Gasteiger partial charge >= 0.3 is 0 Å². The highest BCUT2D eigenvalue weighted by Crippen LogP contribution is 2.35. The molecule has 0 saturated heterocycles. The number of nitrogens with zero attached hydrogens (tertiary/aromatic N) is 5. The van der Waals surface area contributed by atoms with Gasteiger partial charge in [0.2, 0.25) is 11.1 Å². The van der Waals surface area contributed by atoms with Gasteiger partial charge in [-0.05, 0) is 46.5 Å². The molecule has 4 aromatic rings. The highest BCUT2D eigenvalue weighted by atomic mass is 32.2. The number of aromatic nitrogens is 5. The molecule has 2 aromatic carbocycles. The van der Waals surface area contributed by atoms with E-state index in [0.29, 0.717) is 22.7 Å². The van der Waals surface area contributed by atoms with Gasteiger partial charge in [-0.2, -0.15) is 4.68 Å². The summed E-state index contributed by atoms with van der Waals surface area (Å²) in [5.41, 5.74) is 2.89. The fourth-order valence-electron chi connectivity index (χ4n) is 3.04. The number of aryl methyl sites for hydroxylation is 1. The normalized spacial score (nSPS) is 12.1. The molecule has 0 saturated carbocycles. The minimum Gasteiger partial charge on any atom is -0.360 e. The van der Waals surface area contributed by atoms with Crippen molar-refractivity contribution in [2.75, 3.05) is 5.32 Å². The van der Waals surface area contributed by atoms with Crippen molar-refractivity contribution in [1.29, 1.82) is 0 Å². The zero-order valence-electron chi connectivity index (χ0n) is 17.4. The maximum atomic E-state index is 13.1. The third-order valence-electron chi connectivity index (χ3n) is 4.69. The molecule has 8 nitrogen and oxygen atoms in total. The lowest BCUT2D eigenvalue weighted by molar-refractivity contribution is -0.115. The number of amides is 1. The monoisotopic (exact) mass is 434 g/mol. The number of tetrazole rings is 1. The van der Waals surface area contributed by atoms with Gasteiger partial charge in [0, 0.05) is 6.07 Å². The van der Waals surface area contributed by atoms with Crippen LogP contribution in [0.2, 0.25) is 0 Å². The smallest absolute Gasteiger partial charge is 0.243 e. The van der Waals surface area contributed by atoms with Crippen molar-refractivity contribution in [3.63, 3.8) is 0 Å². The lowest BCUT2D eigenvalue weighted by Gasteiger charge is -2.15. The first kappa shape index (κ1) is 20.8. The van der Waals surface area contributed by atoms with Crippen molar-refractivity contribution in [3.8, 4) is 5.69 Å². The number of benzene rings is 2. The zero-order valence-corrected chi connectivity index (χ0v) is 18.2. The Kier molecular flexibility index (Phi) is 6.13. The van der Waals surface area contributed by atoms with Gasteiger partial charge in [0.1, 0.15) is 11.0 Å². The van der Waals surface area contributed by atoms with Gasteiger partial charge in [0.25, 0.3) is 0 Å². The molecule has 1 N–H and O–H groups in total. The summed E-state index contributed by atoms with van der Waals surface area (Å²) in [7, 11) is 0. The molecule has 1 amide bonds. The van der Waals surface area contributed by atoms with Crippen LogP contribution >= 0.6 is 11.8 Å². The molecule has 31 heavy (non-hydrogen) atoms. The van der Waals surface area contributed by atoms with Crippen LogP contribution in [-0.4, -0.2) is 31.3 Å². The van der Waals surface area contributed by atoms with E-state index in [2.05, 4.69) is 52.0 Å². The topological polar surface area (TPSA) is 98.7 Å². The number of hydrogen-bond acceptors (Lipinski definition) is 7. The van der Waals surface area contributed by atoms with Gasteiger partial charge < -0.3 is 9.84 Å². The SMILES string of the molecule is Cc1cc(NC(=O)C(Sc2nnnn2-c2ccc(C(C)C)cc2)c2ccccc2)no1. The average molecular weight is 435 g/mol. The van der Waals surface area contributed by atoms with Gasteiger partial charge in [-0.15, -0.1) is 5.10 Å². The van der Waals surface area contributed by atoms with Crippen molar-refractivity contribution in [2.45, 2.75) is 37.1 Å². The van der Waals surface area contributed by atoms with Crippen molar-refractivity contribution in [3.05, 3.63) is 77.6 Å². The Morgan fingerprint density at radius 1 is 1.06 bits per heavy atom. The van der Waals surface area contributed by atoms with Crippen LogP contribution in [-0.2, 0) is 4.79 Å². The minimum atomic E-state index is -0.585. The van der Waals surface area contributed by atoms with Crippen LogP contribution in [0.3, 0.4) is 0 Å². The standard InChI is InChI=1S/C22H22N6O2S/c1-14(2)16-9-11-18(12-10-16)28-22(24-26-27-28)31-20(17-7-5-4-6-8-17)21(29)23-19-13-15(3)30-25-19/h4-14,20H,1-3H3,(H,23,25,29). The second-order valence-electron chi connectivity index (χ2n) is 7.34. The Hall–Kier alpha value is -3.46. The highest BCUT2D eigenvalue weighted by Gasteiger charge is 2.26. The van der Waals surface area contributed by atoms with Crippen LogP contribution in [0.5, 0.6) is 0 Å². The van der Waals surface area contributed by atoms with E-state index in [9.17, 15) is 4.79 Å². The fourth-order valence-corrected chi connectivity index (χ4v) is 4.03. The Morgan fingerprint density at radius 3 is 2.45 bits per heavy atom. The molecule has 0 aliphatic carbocycles. The molecule has 2 heterocycles. The Morgan fingerprint density at radius 2 is 1.81 bits per heavy atom. The van der Waals surface area contributed by atoms with Crippen LogP contribution in [0, 0.1) is 6.92 Å². The van der Waals surface area contributed by atoms with E-state index in [0.717, 1.165) is 11.3 Å². The summed E-state index contributed by atoms with van der Waals surface area (Å²) in [6, 6.07) is 19.2. The summed E-state index contributed by atoms with van der Waals surface area (Å²) >= 11 is 1.27. The number of rotatable bonds is 7. The van der Waals surface area contributed by atoms with E-state index in [1.165, 1.54) is 17.3 Å². The molecule has 1 unspecified atom stereocenters. The minimum absolute atomic E-state index is 0.241. The lowest BCUT2D eigenvalue weighted by Crippen LogP contribution is -2.19. The van der Waals surface area contributed by atoms with Crippen LogP contribution in [0.15, 0.2) is 70.3 Å². The maximum absolute atomic E-state index is 13.1. The Bertz CT molecular complexity index is 1150. The average Bonchev–Trinajstić information content (AvgIpc) is 3.41. The van der Waals surface area contributed by atoms with Gasteiger partial charge in [0.15, 0.2) is 5.82 Å². The van der Waals surface area contributed by atoms with Gasteiger partial charge in [-0.25, -0.2) is 0 Å². The van der Waals surface area contributed by atoms with E-state index in [1.807, 2.05) is 42.5 Å². The van der Waals surface area contributed by atoms with Crippen molar-refractivity contribution in [2.24, 2.45) is 0 Å². The van der Waals surface area contributed by atoms with Gasteiger partial charge in [-0.1, -0.05) is 73.2 Å². The van der Waals surface area contributed by atoms with E-state index in [4.69, 9.17) is 4.52 Å². The van der Waals surface area contributed by atoms with Gasteiger partial charge in [-0.3, -0.25) is 4.79 Å². The first-order valence-corrected chi connectivity index (χ1v) is 10.7. The molecule has 9 heteroatoms.